The predicted octanol–water partition coefficient (Wildman–Crippen LogP) is 2.20. The molecule has 0 amide bonds. The summed E-state index contributed by atoms with van der Waals surface area (Å²) >= 11 is 0. The highest BCUT2D eigenvalue weighted by Gasteiger charge is 2.05. The normalized spacial score (nSPS) is 10.4. The summed E-state index contributed by atoms with van der Waals surface area (Å²) in [5.74, 6) is 2.07. The second kappa shape index (κ2) is 4.81. The molecule has 0 aliphatic rings. The van der Waals surface area contributed by atoms with Crippen LogP contribution in [0.4, 0.5) is 0 Å². The van der Waals surface area contributed by atoms with E-state index in [0.29, 0.717) is 24.8 Å². The lowest BCUT2D eigenvalue weighted by molar-refractivity contribution is 0.340. The van der Waals surface area contributed by atoms with Gasteiger partial charge in [-0.2, -0.15) is 0 Å². The molecule has 0 atom stereocenters. The molecule has 1 heterocycles. The third-order valence-corrected chi connectivity index (χ3v) is 2.16. The van der Waals surface area contributed by atoms with Gasteiger partial charge in [0, 0.05) is 5.56 Å². The topological polar surface area (TPSA) is 61.3 Å². The second-order valence-electron chi connectivity index (χ2n) is 3.28. The Morgan fingerprint density at radius 2 is 2.31 bits per heavy atom. The molecule has 0 fully saturated rings. The fourth-order valence-electron chi connectivity index (χ4n) is 1.44. The number of nitrogens with two attached hydrogens (primary N) is 1. The average molecular weight is 218 g/mol. The SMILES string of the molecule is CCOc1cccc(-c2cnc(CN)o2)c1. The Labute approximate surface area is 94.1 Å². The lowest BCUT2D eigenvalue weighted by Gasteiger charge is -2.03. The maximum atomic E-state index is 5.46. The van der Waals surface area contributed by atoms with Gasteiger partial charge in [0.25, 0.3) is 0 Å². The van der Waals surface area contributed by atoms with Crippen LogP contribution in [-0.4, -0.2) is 11.6 Å². The molecule has 1 aromatic heterocycles. The molecule has 0 aliphatic carbocycles. The van der Waals surface area contributed by atoms with Crippen molar-refractivity contribution in [3.63, 3.8) is 0 Å². The first-order valence-electron chi connectivity index (χ1n) is 5.21. The molecule has 0 aliphatic heterocycles. The number of ether oxygens (including phenoxy) is 1. The van der Waals surface area contributed by atoms with E-state index in [1.807, 2.05) is 31.2 Å². The van der Waals surface area contributed by atoms with Crippen molar-refractivity contribution in [1.29, 1.82) is 0 Å². The lowest BCUT2D eigenvalue weighted by atomic mass is 10.2. The lowest BCUT2D eigenvalue weighted by Crippen LogP contribution is -1.94. The molecular formula is C12H14N2O2. The maximum Gasteiger partial charge on any atom is 0.208 e. The monoisotopic (exact) mass is 218 g/mol. The summed E-state index contributed by atoms with van der Waals surface area (Å²) in [6, 6.07) is 7.70. The number of benzene rings is 1. The Hall–Kier alpha value is -1.81. The number of rotatable bonds is 4. The van der Waals surface area contributed by atoms with Gasteiger partial charge in [-0.25, -0.2) is 4.98 Å². The van der Waals surface area contributed by atoms with Crippen LogP contribution in [0.15, 0.2) is 34.9 Å². The van der Waals surface area contributed by atoms with E-state index in [4.69, 9.17) is 14.9 Å². The molecule has 4 nitrogen and oxygen atoms in total. The van der Waals surface area contributed by atoms with Crippen molar-refractivity contribution in [2.75, 3.05) is 6.61 Å². The van der Waals surface area contributed by atoms with Crippen LogP contribution in [0.1, 0.15) is 12.8 Å². The van der Waals surface area contributed by atoms with Gasteiger partial charge in [-0.1, -0.05) is 12.1 Å². The van der Waals surface area contributed by atoms with Gasteiger partial charge in [-0.3, -0.25) is 0 Å². The highest BCUT2D eigenvalue weighted by atomic mass is 16.5. The molecule has 2 aromatic rings. The highest BCUT2D eigenvalue weighted by Crippen LogP contribution is 2.24. The van der Waals surface area contributed by atoms with E-state index in [0.717, 1.165) is 11.3 Å². The number of hydrogen-bond acceptors (Lipinski definition) is 4. The van der Waals surface area contributed by atoms with Crippen LogP contribution in [0.3, 0.4) is 0 Å². The first-order chi connectivity index (χ1) is 7.83. The quantitative estimate of drug-likeness (QED) is 0.854. The largest absolute Gasteiger partial charge is 0.494 e. The van der Waals surface area contributed by atoms with Crippen molar-refractivity contribution >= 4 is 0 Å². The van der Waals surface area contributed by atoms with Gasteiger partial charge < -0.3 is 14.9 Å². The van der Waals surface area contributed by atoms with Gasteiger partial charge in [-0.05, 0) is 19.1 Å². The Balaban J connectivity index is 2.28. The molecule has 1 aromatic carbocycles. The minimum atomic E-state index is 0.311. The van der Waals surface area contributed by atoms with E-state index < -0.39 is 0 Å². The Morgan fingerprint density at radius 3 is 3.00 bits per heavy atom. The summed E-state index contributed by atoms with van der Waals surface area (Å²) in [5.41, 5.74) is 6.38. The first-order valence-corrected chi connectivity index (χ1v) is 5.21. The second-order valence-corrected chi connectivity index (χ2v) is 3.28. The van der Waals surface area contributed by atoms with E-state index >= 15 is 0 Å². The summed E-state index contributed by atoms with van der Waals surface area (Å²) in [5, 5.41) is 0. The van der Waals surface area contributed by atoms with Gasteiger partial charge in [0.1, 0.15) is 5.75 Å². The maximum absolute atomic E-state index is 5.46. The Kier molecular flexibility index (Phi) is 3.22. The fraction of sp³-hybridized carbons (Fsp3) is 0.250. The molecular weight excluding hydrogens is 204 g/mol. The minimum Gasteiger partial charge on any atom is -0.494 e. The summed E-state index contributed by atoms with van der Waals surface area (Å²) < 4.78 is 10.9. The molecule has 0 spiro atoms. The van der Waals surface area contributed by atoms with Crippen LogP contribution in [-0.2, 0) is 6.54 Å². The van der Waals surface area contributed by atoms with E-state index in [-0.39, 0.29) is 0 Å². The van der Waals surface area contributed by atoms with Crippen molar-refractivity contribution in [1.82, 2.24) is 4.98 Å². The third-order valence-electron chi connectivity index (χ3n) is 2.16. The van der Waals surface area contributed by atoms with Gasteiger partial charge in [0.05, 0.1) is 19.3 Å². The Bertz CT molecular complexity index is 466. The van der Waals surface area contributed by atoms with Crippen LogP contribution in [0.2, 0.25) is 0 Å². The van der Waals surface area contributed by atoms with E-state index in [1.54, 1.807) is 6.20 Å². The van der Waals surface area contributed by atoms with Crippen molar-refractivity contribution in [3.8, 4) is 17.1 Å². The third kappa shape index (κ3) is 2.23. The van der Waals surface area contributed by atoms with E-state index in [9.17, 15) is 0 Å². The van der Waals surface area contributed by atoms with E-state index in [1.165, 1.54) is 0 Å². The molecule has 2 rings (SSSR count). The molecule has 84 valence electrons. The smallest absolute Gasteiger partial charge is 0.208 e. The van der Waals surface area contributed by atoms with Gasteiger partial charge in [0.15, 0.2) is 5.76 Å². The van der Waals surface area contributed by atoms with E-state index in [2.05, 4.69) is 4.98 Å². The fourth-order valence-corrected chi connectivity index (χ4v) is 1.44. The number of aromatic nitrogens is 1. The van der Waals surface area contributed by atoms with Crippen LogP contribution >= 0.6 is 0 Å². The summed E-state index contributed by atoms with van der Waals surface area (Å²) in [6.45, 7) is 2.91. The highest BCUT2D eigenvalue weighted by molar-refractivity contribution is 5.58. The molecule has 0 unspecified atom stereocenters. The number of oxazole rings is 1. The molecule has 2 N–H and O–H groups in total. The van der Waals surface area contributed by atoms with Crippen molar-refractivity contribution in [3.05, 3.63) is 36.4 Å². The molecule has 4 heteroatoms. The zero-order chi connectivity index (χ0) is 11.4. The van der Waals surface area contributed by atoms with Gasteiger partial charge in [-0.15, -0.1) is 0 Å². The first kappa shape index (κ1) is 10.7. The predicted molar refractivity (Wildman–Crippen MR) is 61.0 cm³/mol. The van der Waals surface area contributed by atoms with Crippen molar-refractivity contribution in [2.45, 2.75) is 13.5 Å². The van der Waals surface area contributed by atoms with Crippen LogP contribution < -0.4 is 10.5 Å². The minimum absolute atomic E-state index is 0.311. The van der Waals surface area contributed by atoms with Crippen molar-refractivity contribution < 1.29 is 9.15 Å². The summed E-state index contributed by atoms with van der Waals surface area (Å²) in [6.07, 6.45) is 1.67. The zero-order valence-electron chi connectivity index (χ0n) is 9.14. The zero-order valence-corrected chi connectivity index (χ0v) is 9.14. The van der Waals surface area contributed by atoms with Gasteiger partial charge >= 0.3 is 0 Å². The average Bonchev–Trinajstić information content (AvgIpc) is 2.78. The summed E-state index contributed by atoms with van der Waals surface area (Å²) in [7, 11) is 0. The number of hydrogen-bond donors (Lipinski definition) is 1. The van der Waals surface area contributed by atoms with Crippen LogP contribution in [0.5, 0.6) is 5.75 Å². The molecule has 0 radical (unpaired) electrons. The standard InChI is InChI=1S/C12H14N2O2/c1-2-15-10-5-3-4-9(6-10)11-8-14-12(7-13)16-11/h3-6,8H,2,7,13H2,1H3. The molecule has 0 bridgehead atoms. The molecule has 16 heavy (non-hydrogen) atoms. The molecule has 0 saturated heterocycles. The summed E-state index contributed by atoms with van der Waals surface area (Å²) in [4.78, 5) is 4.05. The van der Waals surface area contributed by atoms with Crippen molar-refractivity contribution in [2.24, 2.45) is 5.73 Å². The van der Waals surface area contributed by atoms with Crippen LogP contribution in [0.25, 0.3) is 11.3 Å². The molecule has 0 saturated carbocycles. The Morgan fingerprint density at radius 1 is 1.44 bits per heavy atom. The van der Waals surface area contributed by atoms with Crippen LogP contribution in [0, 0.1) is 0 Å². The number of nitrogens with zero attached hydrogens (tertiary/aromatic N) is 1. The van der Waals surface area contributed by atoms with Gasteiger partial charge in [0.2, 0.25) is 5.89 Å².